The van der Waals surface area contributed by atoms with Gasteiger partial charge in [-0.15, -0.1) is 0 Å². The number of likely N-dealkylation sites (N-methyl/N-ethyl adjacent to an activating group) is 1. The zero-order valence-electron chi connectivity index (χ0n) is 10.1. The minimum absolute atomic E-state index is 0.301. The molecule has 2 atom stereocenters. The van der Waals surface area contributed by atoms with Crippen LogP contribution in [0.5, 0.6) is 0 Å². The van der Waals surface area contributed by atoms with Crippen molar-refractivity contribution < 1.29 is 8.78 Å². The molecule has 0 saturated carbocycles. The SMILES string of the molecule is CCC(C)C(Cc1ccc(F)c(F)c1)NC. The van der Waals surface area contributed by atoms with E-state index < -0.39 is 11.6 Å². The molecule has 2 unspecified atom stereocenters. The summed E-state index contributed by atoms with van der Waals surface area (Å²) < 4.78 is 25.8. The molecule has 0 aromatic heterocycles. The van der Waals surface area contributed by atoms with Gasteiger partial charge in [0.1, 0.15) is 0 Å². The van der Waals surface area contributed by atoms with Crippen molar-refractivity contribution >= 4 is 0 Å². The van der Waals surface area contributed by atoms with Crippen LogP contribution in [0.1, 0.15) is 25.8 Å². The fourth-order valence-corrected chi connectivity index (χ4v) is 1.79. The van der Waals surface area contributed by atoms with Gasteiger partial charge in [0, 0.05) is 6.04 Å². The highest BCUT2D eigenvalue weighted by atomic mass is 19.2. The van der Waals surface area contributed by atoms with E-state index in [9.17, 15) is 8.78 Å². The van der Waals surface area contributed by atoms with E-state index in [-0.39, 0.29) is 0 Å². The first-order valence-corrected chi connectivity index (χ1v) is 5.69. The van der Waals surface area contributed by atoms with E-state index in [1.165, 1.54) is 12.1 Å². The molecule has 90 valence electrons. The molecule has 0 saturated heterocycles. The summed E-state index contributed by atoms with van der Waals surface area (Å²) in [4.78, 5) is 0. The molecular weight excluding hydrogens is 208 g/mol. The van der Waals surface area contributed by atoms with Gasteiger partial charge in [0.05, 0.1) is 0 Å². The third-order valence-electron chi connectivity index (χ3n) is 3.14. The second-order valence-corrected chi connectivity index (χ2v) is 4.23. The first kappa shape index (κ1) is 13.1. The van der Waals surface area contributed by atoms with Crippen LogP contribution >= 0.6 is 0 Å². The van der Waals surface area contributed by atoms with E-state index in [4.69, 9.17) is 0 Å². The van der Waals surface area contributed by atoms with Gasteiger partial charge in [0.15, 0.2) is 11.6 Å². The van der Waals surface area contributed by atoms with Crippen molar-refractivity contribution in [3.05, 3.63) is 35.4 Å². The van der Waals surface area contributed by atoms with E-state index in [1.807, 2.05) is 7.05 Å². The largest absolute Gasteiger partial charge is 0.316 e. The summed E-state index contributed by atoms with van der Waals surface area (Å²) in [5.74, 6) is -1.04. The van der Waals surface area contributed by atoms with Crippen molar-refractivity contribution in [2.45, 2.75) is 32.7 Å². The Hall–Kier alpha value is -0.960. The highest BCUT2D eigenvalue weighted by molar-refractivity contribution is 5.19. The van der Waals surface area contributed by atoms with Crippen LogP contribution in [-0.4, -0.2) is 13.1 Å². The van der Waals surface area contributed by atoms with E-state index >= 15 is 0 Å². The molecule has 0 aliphatic carbocycles. The minimum atomic E-state index is -0.784. The molecule has 0 amide bonds. The smallest absolute Gasteiger partial charge is 0.159 e. The van der Waals surface area contributed by atoms with Crippen LogP contribution in [0.4, 0.5) is 8.78 Å². The first-order valence-electron chi connectivity index (χ1n) is 5.69. The molecule has 0 aliphatic heterocycles. The molecule has 1 rings (SSSR count). The Balaban J connectivity index is 2.74. The Morgan fingerprint density at radius 3 is 2.44 bits per heavy atom. The monoisotopic (exact) mass is 227 g/mol. The summed E-state index contributed by atoms with van der Waals surface area (Å²) in [6.45, 7) is 4.28. The summed E-state index contributed by atoms with van der Waals surface area (Å²) in [6.07, 6.45) is 1.79. The molecular formula is C13H19F2N. The molecule has 1 N–H and O–H groups in total. The normalized spacial score (nSPS) is 14.8. The molecule has 3 heteroatoms. The number of nitrogens with one attached hydrogen (secondary N) is 1. The Bertz CT molecular complexity index is 339. The van der Waals surface area contributed by atoms with Crippen LogP contribution in [0.25, 0.3) is 0 Å². The van der Waals surface area contributed by atoms with Crippen LogP contribution in [0.2, 0.25) is 0 Å². The van der Waals surface area contributed by atoms with Crippen LogP contribution < -0.4 is 5.32 Å². The lowest BCUT2D eigenvalue weighted by molar-refractivity contribution is 0.385. The predicted molar refractivity (Wildman–Crippen MR) is 62.4 cm³/mol. The van der Waals surface area contributed by atoms with Gasteiger partial charge in [-0.1, -0.05) is 26.3 Å². The number of rotatable bonds is 5. The standard InChI is InChI=1S/C13H19F2N/c1-4-9(2)13(16-3)8-10-5-6-11(14)12(15)7-10/h5-7,9,13,16H,4,8H2,1-3H3. The van der Waals surface area contributed by atoms with Crippen LogP contribution in [-0.2, 0) is 6.42 Å². The Labute approximate surface area is 95.9 Å². The maximum Gasteiger partial charge on any atom is 0.159 e. The van der Waals surface area contributed by atoms with Crippen molar-refractivity contribution in [1.29, 1.82) is 0 Å². The maximum absolute atomic E-state index is 13.0. The molecule has 16 heavy (non-hydrogen) atoms. The minimum Gasteiger partial charge on any atom is -0.316 e. The highest BCUT2D eigenvalue weighted by Crippen LogP contribution is 2.15. The fraction of sp³-hybridized carbons (Fsp3) is 0.538. The fourth-order valence-electron chi connectivity index (χ4n) is 1.79. The van der Waals surface area contributed by atoms with Gasteiger partial charge in [-0.25, -0.2) is 8.78 Å². The lowest BCUT2D eigenvalue weighted by Gasteiger charge is -2.22. The second-order valence-electron chi connectivity index (χ2n) is 4.23. The van der Waals surface area contributed by atoms with Crippen molar-refractivity contribution in [3.63, 3.8) is 0 Å². The average Bonchev–Trinajstić information content (AvgIpc) is 2.29. The van der Waals surface area contributed by atoms with Gasteiger partial charge in [-0.3, -0.25) is 0 Å². The Morgan fingerprint density at radius 2 is 1.94 bits per heavy atom. The first-order chi connectivity index (χ1) is 7.58. The lowest BCUT2D eigenvalue weighted by atomic mass is 9.93. The van der Waals surface area contributed by atoms with Crippen molar-refractivity contribution in [2.75, 3.05) is 7.05 Å². The summed E-state index contributed by atoms with van der Waals surface area (Å²) in [7, 11) is 1.90. The summed E-state index contributed by atoms with van der Waals surface area (Å²) in [5, 5.41) is 3.22. The molecule has 0 heterocycles. The van der Waals surface area contributed by atoms with Gasteiger partial charge in [0.25, 0.3) is 0 Å². The molecule has 1 aromatic rings. The quantitative estimate of drug-likeness (QED) is 0.814. The van der Waals surface area contributed by atoms with Gasteiger partial charge < -0.3 is 5.32 Å². The van der Waals surface area contributed by atoms with Gasteiger partial charge >= 0.3 is 0 Å². The van der Waals surface area contributed by atoms with E-state index in [0.29, 0.717) is 12.0 Å². The van der Waals surface area contributed by atoms with E-state index in [2.05, 4.69) is 19.2 Å². The van der Waals surface area contributed by atoms with Crippen molar-refractivity contribution in [3.8, 4) is 0 Å². The molecule has 0 fully saturated rings. The molecule has 0 bridgehead atoms. The average molecular weight is 227 g/mol. The zero-order valence-corrected chi connectivity index (χ0v) is 10.1. The van der Waals surface area contributed by atoms with E-state index in [0.717, 1.165) is 18.4 Å². The molecule has 0 radical (unpaired) electrons. The Kier molecular flexibility index (Phi) is 4.87. The third-order valence-corrected chi connectivity index (χ3v) is 3.14. The number of benzene rings is 1. The lowest BCUT2D eigenvalue weighted by Crippen LogP contribution is -2.33. The van der Waals surface area contributed by atoms with Crippen LogP contribution in [0.3, 0.4) is 0 Å². The summed E-state index contributed by atoms with van der Waals surface area (Å²) >= 11 is 0. The topological polar surface area (TPSA) is 12.0 Å². The third kappa shape index (κ3) is 3.27. The van der Waals surface area contributed by atoms with Crippen LogP contribution in [0.15, 0.2) is 18.2 Å². The number of hydrogen-bond acceptors (Lipinski definition) is 1. The van der Waals surface area contributed by atoms with Crippen molar-refractivity contribution in [1.82, 2.24) is 5.32 Å². The highest BCUT2D eigenvalue weighted by Gasteiger charge is 2.14. The summed E-state index contributed by atoms with van der Waals surface area (Å²) in [6, 6.07) is 4.41. The summed E-state index contributed by atoms with van der Waals surface area (Å²) in [5.41, 5.74) is 0.832. The molecule has 1 nitrogen and oxygen atoms in total. The molecule has 1 aromatic carbocycles. The number of halogens is 2. The van der Waals surface area contributed by atoms with Gasteiger partial charge in [0.2, 0.25) is 0 Å². The zero-order chi connectivity index (χ0) is 12.1. The van der Waals surface area contributed by atoms with Crippen LogP contribution in [0, 0.1) is 17.6 Å². The molecule has 0 aliphatic rings. The predicted octanol–water partition coefficient (Wildman–Crippen LogP) is 3.14. The van der Waals surface area contributed by atoms with Gasteiger partial charge in [-0.05, 0) is 37.1 Å². The second kappa shape index (κ2) is 5.94. The molecule has 0 spiro atoms. The van der Waals surface area contributed by atoms with Crippen molar-refractivity contribution in [2.24, 2.45) is 5.92 Å². The Morgan fingerprint density at radius 1 is 1.25 bits per heavy atom. The number of hydrogen-bond donors (Lipinski definition) is 1. The van der Waals surface area contributed by atoms with Gasteiger partial charge in [-0.2, -0.15) is 0 Å². The maximum atomic E-state index is 13.0. The van der Waals surface area contributed by atoms with E-state index in [1.54, 1.807) is 6.07 Å².